The minimum Gasteiger partial charge on any atom is -0.486 e. The molecule has 2 aromatic carbocycles. The molecule has 2 N–H and O–H groups in total. The molecular formula is C24H27N5O4. The Bertz CT molecular complexity index is 1050. The van der Waals surface area contributed by atoms with Gasteiger partial charge in [-0.1, -0.05) is 30.3 Å². The van der Waals surface area contributed by atoms with E-state index < -0.39 is 6.04 Å². The number of carbonyl (C=O) groups is 2. The molecule has 0 spiro atoms. The van der Waals surface area contributed by atoms with E-state index in [1.165, 1.54) is 5.56 Å². The number of guanidine groups is 1. The zero-order chi connectivity index (χ0) is 22.6. The highest BCUT2D eigenvalue weighted by Crippen LogP contribution is 2.32. The fraction of sp³-hybridized carbons (Fsp3) is 0.375. The summed E-state index contributed by atoms with van der Waals surface area (Å²) in [6.45, 7) is 5.07. The lowest BCUT2D eigenvalue weighted by Crippen LogP contribution is -2.56. The Kier molecular flexibility index (Phi) is 6.12. The Hall–Kier alpha value is -3.59. The zero-order valence-corrected chi connectivity index (χ0v) is 18.3. The van der Waals surface area contributed by atoms with E-state index in [1.54, 1.807) is 18.2 Å². The second-order valence-electron chi connectivity index (χ2n) is 8.32. The van der Waals surface area contributed by atoms with E-state index in [-0.39, 0.29) is 18.2 Å². The Morgan fingerprint density at radius 2 is 1.79 bits per heavy atom. The van der Waals surface area contributed by atoms with E-state index >= 15 is 0 Å². The molecule has 172 valence electrons. The van der Waals surface area contributed by atoms with Crippen molar-refractivity contribution in [3.63, 3.8) is 0 Å². The van der Waals surface area contributed by atoms with E-state index in [1.807, 2.05) is 23.1 Å². The molecule has 0 unspecified atom stereocenters. The number of fused-ring (bicyclic) bond motifs is 1. The summed E-state index contributed by atoms with van der Waals surface area (Å²) in [5.74, 6) is 1.21. The molecule has 33 heavy (non-hydrogen) atoms. The van der Waals surface area contributed by atoms with Crippen molar-refractivity contribution in [2.75, 3.05) is 44.7 Å². The minimum absolute atomic E-state index is 0.0217. The van der Waals surface area contributed by atoms with Crippen LogP contribution in [0.3, 0.4) is 0 Å². The second kappa shape index (κ2) is 9.50. The van der Waals surface area contributed by atoms with Gasteiger partial charge in [0.25, 0.3) is 0 Å². The summed E-state index contributed by atoms with van der Waals surface area (Å²) in [4.78, 5) is 34.2. The number of nitrogens with zero attached hydrogens (tertiary/aromatic N) is 3. The van der Waals surface area contributed by atoms with E-state index in [0.29, 0.717) is 36.4 Å². The number of ether oxygens (including phenoxy) is 2. The van der Waals surface area contributed by atoms with Gasteiger partial charge in [0.15, 0.2) is 11.5 Å². The van der Waals surface area contributed by atoms with E-state index in [0.717, 1.165) is 32.7 Å². The average molecular weight is 450 g/mol. The van der Waals surface area contributed by atoms with Crippen LogP contribution in [0.2, 0.25) is 0 Å². The SMILES string of the molecule is O=C1C[C@H](C(=O)Nc2ccc3c(c2)OCCO3)N=C(N2CCN(Cc3ccccc3)CC2)N1. The standard InChI is InChI=1S/C24H27N5O4/c30-22-15-19(23(31)25-18-6-7-20-21(14-18)33-13-12-32-20)26-24(27-22)29-10-8-28(9-11-29)16-17-4-2-1-3-5-17/h1-7,14,19H,8-13,15-16H2,(H,25,31)(H,26,27,30)/t19-/m1/s1. The van der Waals surface area contributed by atoms with Crippen LogP contribution in [-0.4, -0.2) is 73.0 Å². The Labute approximate surface area is 192 Å². The topological polar surface area (TPSA) is 95.5 Å². The molecule has 1 fully saturated rings. The number of piperazine rings is 1. The van der Waals surface area contributed by atoms with Crippen molar-refractivity contribution in [1.82, 2.24) is 15.1 Å². The van der Waals surface area contributed by atoms with Crippen molar-refractivity contribution in [2.24, 2.45) is 4.99 Å². The molecule has 0 bridgehead atoms. The summed E-state index contributed by atoms with van der Waals surface area (Å²) in [5.41, 5.74) is 1.87. The van der Waals surface area contributed by atoms with Crippen LogP contribution in [0.4, 0.5) is 5.69 Å². The van der Waals surface area contributed by atoms with E-state index in [2.05, 4.69) is 32.7 Å². The van der Waals surface area contributed by atoms with Crippen molar-refractivity contribution in [3.05, 3.63) is 54.1 Å². The van der Waals surface area contributed by atoms with Crippen LogP contribution in [0.15, 0.2) is 53.5 Å². The highest BCUT2D eigenvalue weighted by Gasteiger charge is 2.31. The molecule has 9 heteroatoms. The largest absolute Gasteiger partial charge is 0.486 e. The third-order valence-corrected chi connectivity index (χ3v) is 5.94. The molecule has 5 rings (SSSR count). The van der Waals surface area contributed by atoms with Crippen molar-refractivity contribution in [2.45, 2.75) is 19.0 Å². The first-order chi connectivity index (χ1) is 16.1. The van der Waals surface area contributed by atoms with E-state index in [9.17, 15) is 9.59 Å². The number of carbonyl (C=O) groups excluding carboxylic acids is 2. The molecule has 0 aliphatic carbocycles. The first-order valence-electron chi connectivity index (χ1n) is 11.2. The number of hydrogen-bond acceptors (Lipinski definition) is 7. The van der Waals surface area contributed by atoms with Crippen molar-refractivity contribution >= 4 is 23.5 Å². The van der Waals surface area contributed by atoms with Gasteiger partial charge in [-0.05, 0) is 17.7 Å². The molecule has 0 aromatic heterocycles. The molecule has 2 aromatic rings. The first kappa shape index (κ1) is 21.3. The number of benzene rings is 2. The van der Waals surface area contributed by atoms with Crippen molar-refractivity contribution < 1.29 is 19.1 Å². The van der Waals surface area contributed by atoms with Gasteiger partial charge in [0.1, 0.15) is 19.3 Å². The fourth-order valence-corrected chi connectivity index (χ4v) is 4.19. The molecule has 1 saturated heterocycles. The van der Waals surface area contributed by atoms with Gasteiger partial charge in [-0.2, -0.15) is 0 Å². The van der Waals surface area contributed by atoms with Gasteiger partial charge < -0.3 is 19.7 Å². The first-order valence-corrected chi connectivity index (χ1v) is 11.2. The highest BCUT2D eigenvalue weighted by atomic mass is 16.6. The lowest BCUT2D eigenvalue weighted by molar-refractivity contribution is -0.125. The molecule has 3 aliphatic heterocycles. The number of anilines is 1. The predicted octanol–water partition coefficient (Wildman–Crippen LogP) is 1.46. The molecule has 0 saturated carbocycles. The monoisotopic (exact) mass is 449 g/mol. The Morgan fingerprint density at radius 3 is 2.58 bits per heavy atom. The summed E-state index contributed by atoms with van der Waals surface area (Å²) in [5, 5.41) is 5.69. The summed E-state index contributed by atoms with van der Waals surface area (Å²) < 4.78 is 11.1. The van der Waals surface area contributed by atoms with Gasteiger partial charge in [-0.3, -0.25) is 19.8 Å². The number of hydrogen-bond donors (Lipinski definition) is 2. The maximum absolute atomic E-state index is 12.9. The van der Waals surface area contributed by atoms with Crippen LogP contribution < -0.4 is 20.1 Å². The maximum atomic E-state index is 12.9. The van der Waals surface area contributed by atoms with Gasteiger partial charge in [-0.25, -0.2) is 4.99 Å². The van der Waals surface area contributed by atoms with Gasteiger partial charge in [-0.15, -0.1) is 0 Å². The molecule has 3 heterocycles. The average Bonchev–Trinajstić information content (AvgIpc) is 2.85. The summed E-state index contributed by atoms with van der Waals surface area (Å²) in [6.07, 6.45) is 0.0217. The molecular weight excluding hydrogens is 422 g/mol. The number of nitrogens with one attached hydrogen (secondary N) is 2. The lowest BCUT2D eigenvalue weighted by atomic mass is 10.1. The van der Waals surface area contributed by atoms with E-state index in [4.69, 9.17) is 9.47 Å². The van der Waals surface area contributed by atoms with Crippen LogP contribution in [0, 0.1) is 0 Å². The minimum atomic E-state index is -0.774. The smallest absolute Gasteiger partial charge is 0.249 e. The molecule has 3 aliphatic rings. The van der Waals surface area contributed by atoms with Crippen LogP contribution in [-0.2, 0) is 16.1 Å². The van der Waals surface area contributed by atoms with Crippen LogP contribution >= 0.6 is 0 Å². The molecule has 0 radical (unpaired) electrons. The van der Waals surface area contributed by atoms with Crippen LogP contribution in [0.5, 0.6) is 11.5 Å². The Balaban J connectivity index is 1.20. The molecule has 2 amide bonds. The summed E-state index contributed by atoms with van der Waals surface area (Å²) in [6, 6.07) is 14.8. The maximum Gasteiger partial charge on any atom is 0.249 e. The number of amides is 2. The summed E-state index contributed by atoms with van der Waals surface area (Å²) >= 11 is 0. The van der Waals surface area contributed by atoms with Gasteiger partial charge in [0.2, 0.25) is 17.8 Å². The predicted molar refractivity (Wildman–Crippen MR) is 123 cm³/mol. The van der Waals surface area contributed by atoms with Gasteiger partial charge in [0, 0.05) is 44.5 Å². The lowest BCUT2D eigenvalue weighted by Gasteiger charge is -2.37. The van der Waals surface area contributed by atoms with Gasteiger partial charge in [0.05, 0.1) is 6.42 Å². The second-order valence-corrected chi connectivity index (χ2v) is 8.32. The van der Waals surface area contributed by atoms with Crippen molar-refractivity contribution in [1.29, 1.82) is 0 Å². The summed E-state index contributed by atoms with van der Waals surface area (Å²) in [7, 11) is 0. The number of rotatable bonds is 4. The van der Waals surface area contributed by atoms with Crippen LogP contribution in [0.25, 0.3) is 0 Å². The highest BCUT2D eigenvalue weighted by molar-refractivity contribution is 6.06. The zero-order valence-electron chi connectivity index (χ0n) is 18.3. The number of aliphatic imine (C=N–C) groups is 1. The Morgan fingerprint density at radius 1 is 1.03 bits per heavy atom. The molecule has 1 atom stereocenters. The quantitative estimate of drug-likeness (QED) is 0.734. The van der Waals surface area contributed by atoms with Crippen molar-refractivity contribution in [3.8, 4) is 11.5 Å². The van der Waals surface area contributed by atoms with Crippen LogP contribution in [0.1, 0.15) is 12.0 Å². The normalized spacial score (nSPS) is 20.6. The van der Waals surface area contributed by atoms with Gasteiger partial charge >= 0.3 is 0 Å². The third kappa shape index (κ3) is 5.09. The fourth-order valence-electron chi connectivity index (χ4n) is 4.19. The molecule has 9 nitrogen and oxygen atoms in total. The third-order valence-electron chi connectivity index (χ3n) is 5.94.